The van der Waals surface area contributed by atoms with Crippen LogP contribution in [-0.4, -0.2) is 32.8 Å². The zero-order chi connectivity index (χ0) is 15.9. The van der Waals surface area contributed by atoms with Gasteiger partial charge in [0.25, 0.3) is 0 Å². The number of ether oxygens (including phenoxy) is 2. The first-order chi connectivity index (χ1) is 10.6. The fourth-order valence-electron chi connectivity index (χ4n) is 2.33. The van der Waals surface area contributed by atoms with E-state index >= 15 is 0 Å². The molecule has 0 saturated carbocycles. The Bertz CT molecular complexity index is 561. The van der Waals surface area contributed by atoms with Crippen molar-refractivity contribution >= 4 is 0 Å². The van der Waals surface area contributed by atoms with Gasteiger partial charge in [-0.15, -0.1) is 0 Å². The molecule has 1 unspecified atom stereocenters. The van der Waals surface area contributed by atoms with E-state index in [1.165, 1.54) is 11.1 Å². The van der Waals surface area contributed by atoms with Gasteiger partial charge in [-0.25, -0.2) is 0 Å². The monoisotopic (exact) mass is 299 g/mol. The smallest absolute Gasteiger partial charge is 0.141 e. The van der Waals surface area contributed by atoms with Gasteiger partial charge in [-0.05, 0) is 61.8 Å². The minimum Gasteiger partial charge on any atom is -0.497 e. The zero-order valence-corrected chi connectivity index (χ0v) is 13.9. The Morgan fingerprint density at radius 3 is 2.05 bits per heavy atom. The largest absolute Gasteiger partial charge is 0.497 e. The number of hydrogen-bond donors (Lipinski definition) is 0. The quantitative estimate of drug-likeness (QED) is 0.723. The highest BCUT2D eigenvalue weighted by molar-refractivity contribution is 5.32. The Kier molecular flexibility index (Phi) is 5.84. The second-order valence-corrected chi connectivity index (χ2v) is 5.88. The van der Waals surface area contributed by atoms with Gasteiger partial charge in [0, 0.05) is 0 Å². The lowest BCUT2D eigenvalue weighted by Gasteiger charge is -2.15. The number of benzene rings is 2. The maximum Gasteiger partial charge on any atom is 0.141 e. The third-order valence-electron chi connectivity index (χ3n) is 3.64. The molecule has 22 heavy (non-hydrogen) atoms. The highest BCUT2D eigenvalue weighted by Crippen LogP contribution is 2.24. The molecule has 2 aromatic rings. The van der Waals surface area contributed by atoms with Crippen molar-refractivity contribution in [3.8, 4) is 11.5 Å². The maximum atomic E-state index is 5.66. The third-order valence-corrected chi connectivity index (χ3v) is 3.64. The van der Waals surface area contributed by atoms with Gasteiger partial charge in [-0.2, -0.15) is 0 Å². The van der Waals surface area contributed by atoms with Crippen LogP contribution in [0.5, 0.6) is 11.5 Å². The average molecular weight is 299 g/mol. The summed E-state index contributed by atoms with van der Waals surface area (Å²) in [6, 6.07) is 16.7. The standard InChI is InChI=1S/C19H25NO2/c1-15(13-16-5-9-18(21-4)10-6-16)17-7-11-19(12-8-17)22-14-20(2)3/h5-12,15H,13-14H2,1-4H3. The second kappa shape index (κ2) is 7.85. The van der Waals surface area contributed by atoms with Crippen LogP contribution in [0.4, 0.5) is 0 Å². The minimum atomic E-state index is 0.469. The molecule has 0 spiro atoms. The van der Waals surface area contributed by atoms with Crippen LogP contribution < -0.4 is 9.47 Å². The van der Waals surface area contributed by atoms with Gasteiger partial charge in [-0.3, -0.25) is 4.90 Å². The van der Waals surface area contributed by atoms with E-state index in [2.05, 4.69) is 31.2 Å². The van der Waals surface area contributed by atoms with Crippen molar-refractivity contribution in [1.82, 2.24) is 4.90 Å². The van der Waals surface area contributed by atoms with Crippen LogP contribution in [0.15, 0.2) is 48.5 Å². The summed E-state index contributed by atoms with van der Waals surface area (Å²) in [6.07, 6.45) is 1.02. The zero-order valence-electron chi connectivity index (χ0n) is 13.9. The van der Waals surface area contributed by atoms with Gasteiger partial charge in [0.2, 0.25) is 0 Å². The Morgan fingerprint density at radius 1 is 0.909 bits per heavy atom. The summed E-state index contributed by atoms with van der Waals surface area (Å²) in [4.78, 5) is 2.00. The maximum absolute atomic E-state index is 5.66. The Balaban J connectivity index is 1.95. The molecule has 118 valence electrons. The number of nitrogens with zero attached hydrogens (tertiary/aromatic N) is 1. The van der Waals surface area contributed by atoms with Crippen molar-refractivity contribution in [2.75, 3.05) is 27.9 Å². The number of rotatable bonds is 7. The topological polar surface area (TPSA) is 21.7 Å². The molecule has 0 aromatic heterocycles. The van der Waals surface area contributed by atoms with Crippen molar-refractivity contribution in [2.45, 2.75) is 19.3 Å². The van der Waals surface area contributed by atoms with E-state index in [1.54, 1.807) is 7.11 Å². The van der Waals surface area contributed by atoms with E-state index in [1.807, 2.05) is 43.3 Å². The molecular formula is C19H25NO2. The summed E-state index contributed by atoms with van der Waals surface area (Å²) in [5, 5.41) is 0. The summed E-state index contributed by atoms with van der Waals surface area (Å²) >= 11 is 0. The van der Waals surface area contributed by atoms with Crippen LogP contribution in [0.1, 0.15) is 24.0 Å². The predicted octanol–water partition coefficient (Wildman–Crippen LogP) is 3.94. The lowest BCUT2D eigenvalue weighted by molar-refractivity contribution is 0.179. The van der Waals surface area contributed by atoms with Crippen LogP contribution in [0.25, 0.3) is 0 Å². The van der Waals surface area contributed by atoms with E-state index in [-0.39, 0.29) is 0 Å². The normalized spacial score (nSPS) is 12.2. The summed E-state index contributed by atoms with van der Waals surface area (Å²) in [5.41, 5.74) is 2.65. The van der Waals surface area contributed by atoms with Gasteiger partial charge >= 0.3 is 0 Å². The first kappa shape index (κ1) is 16.4. The molecule has 0 fully saturated rings. The summed E-state index contributed by atoms with van der Waals surface area (Å²) in [7, 11) is 5.67. The molecule has 3 nitrogen and oxygen atoms in total. The van der Waals surface area contributed by atoms with E-state index in [0.29, 0.717) is 12.6 Å². The highest BCUT2D eigenvalue weighted by Gasteiger charge is 2.07. The Hall–Kier alpha value is -2.00. The van der Waals surface area contributed by atoms with Crippen LogP contribution in [-0.2, 0) is 6.42 Å². The molecule has 0 radical (unpaired) electrons. The second-order valence-electron chi connectivity index (χ2n) is 5.88. The Labute approximate surface area is 133 Å². The van der Waals surface area contributed by atoms with E-state index in [4.69, 9.17) is 9.47 Å². The van der Waals surface area contributed by atoms with E-state index in [0.717, 1.165) is 17.9 Å². The van der Waals surface area contributed by atoms with Crippen molar-refractivity contribution in [3.63, 3.8) is 0 Å². The fraction of sp³-hybridized carbons (Fsp3) is 0.368. The molecule has 0 aliphatic carbocycles. The molecule has 2 rings (SSSR count). The molecule has 2 aromatic carbocycles. The molecule has 0 amide bonds. The first-order valence-electron chi connectivity index (χ1n) is 7.59. The molecule has 3 heteroatoms. The Morgan fingerprint density at radius 2 is 1.50 bits per heavy atom. The third kappa shape index (κ3) is 4.78. The summed E-state index contributed by atoms with van der Waals surface area (Å²) < 4.78 is 10.9. The first-order valence-corrected chi connectivity index (χ1v) is 7.59. The number of methoxy groups -OCH3 is 1. The highest BCUT2D eigenvalue weighted by atomic mass is 16.5. The molecule has 0 bridgehead atoms. The molecule has 1 atom stereocenters. The van der Waals surface area contributed by atoms with Crippen LogP contribution in [0, 0.1) is 0 Å². The molecule has 0 N–H and O–H groups in total. The van der Waals surface area contributed by atoms with Crippen LogP contribution in [0.3, 0.4) is 0 Å². The molecule has 0 aliphatic heterocycles. The average Bonchev–Trinajstić information content (AvgIpc) is 2.54. The van der Waals surface area contributed by atoms with Crippen molar-refractivity contribution in [2.24, 2.45) is 0 Å². The van der Waals surface area contributed by atoms with E-state index < -0.39 is 0 Å². The van der Waals surface area contributed by atoms with Crippen LogP contribution in [0.2, 0.25) is 0 Å². The van der Waals surface area contributed by atoms with E-state index in [9.17, 15) is 0 Å². The van der Waals surface area contributed by atoms with Crippen molar-refractivity contribution < 1.29 is 9.47 Å². The van der Waals surface area contributed by atoms with Crippen molar-refractivity contribution in [1.29, 1.82) is 0 Å². The molecule has 0 heterocycles. The predicted molar refractivity (Wildman–Crippen MR) is 90.7 cm³/mol. The lowest BCUT2D eigenvalue weighted by Crippen LogP contribution is -2.18. The number of hydrogen-bond acceptors (Lipinski definition) is 3. The van der Waals surface area contributed by atoms with Crippen LogP contribution >= 0.6 is 0 Å². The fourth-order valence-corrected chi connectivity index (χ4v) is 2.33. The summed E-state index contributed by atoms with van der Waals surface area (Å²) in [6.45, 7) is 2.85. The molecule has 0 aliphatic rings. The van der Waals surface area contributed by atoms with Crippen molar-refractivity contribution in [3.05, 3.63) is 59.7 Å². The SMILES string of the molecule is COc1ccc(CC(C)c2ccc(OCN(C)C)cc2)cc1. The van der Waals surface area contributed by atoms with Gasteiger partial charge in [-0.1, -0.05) is 31.2 Å². The summed E-state index contributed by atoms with van der Waals surface area (Å²) in [5.74, 6) is 2.28. The van der Waals surface area contributed by atoms with Gasteiger partial charge < -0.3 is 9.47 Å². The van der Waals surface area contributed by atoms with Gasteiger partial charge in [0.15, 0.2) is 0 Å². The molecular weight excluding hydrogens is 274 g/mol. The van der Waals surface area contributed by atoms with Gasteiger partial charge in [0.05, 0.1) is 7.11 Å². The lowest BCUT2D eigenvalue weighted by atomic mass is 9.94. The minimum absolute atomic E-state index is 0.469. The molecule has 0 saturated heterocycles. The van der Waals surface area contributed by atoms with Gasteiger partial charge in [0.1, 0.15) is 18.2 Å².